The first-order valence-corrected chi connectivity index (χ1v) is 6.26. The number of allylic oxidation sites excluding steroid dienone is 3. The number of ether oxygens (including phenoxy) is 1. The van der Waals surface area contributed by atoms with Gasteiger partial charge in [-0.3, -0.25) is 15.1 Å². The summed E-state index contributed by atoms with van der Waals surface area (Å²) in [5.74, 6) is -0.680. The largest absolute Gasteiger partial charge is 0.427 e. The van der Waals surface area contributed by atoms with Gasteiger partial charge in [-0.15, -0.1) is 6.58 Å². The molecule has 0 bridgehead atoms. The van der Waals surface area contributed by atoms with Crippen LogP contribution in [-0.4, -0.2) is 18.4 Å². The molecule has 5 nitrogen and oxygen atoms in total. The lowest BCUT2D eigenvalue weighted by Gasteiger charge is -2.17. The van der Waals surface area contributed by atoms with Crippen LogP contribution in [0.5, 0.6) is 0 Å². The number of unbranched alkanes of at least 4 members (excludes halogenated alkanes) is 1. The van der Waals surface area contributed by atoms with E-state index in [1.54, 1.807) is 13.0 Å². The highest BCUT2D eigenvalue weighted by Gasteiger charge is 2.28. The van der Waals surface area contributed by atoms with E-state index in [-0.39, 0.29) is 18.0 Å². The Hall–Kier alpha value is -1.88. The molecule has 0 aliphatic carbocycles. The molecule has 0 unspecified atom stereocenters. The normalized spacial score (nSPS) is 17.7. The third-order valence-electron chi connectivity index (χ3n) is 2.52. The highest BCUT2D eigenvalue weighted by Crippen LogP contribution is 2.19. The molecule has 0 saturated carbocycles. The first-order chi connectivity index (χ1) is 9.10. The van der Waals surface area contributed by atoms with Crippen LogP contribution in [0.4, 0.5) is 0 Å². The summed E-state index contributed by atoms with van der Waals surface area (Å²) in [7, 11) is 0. The molecule has 5 heteroatoms. The predicted molar refractivity (Wildman–Crippen MR) is 70.7 cm³/mol. The minimum Gasteiger partial charge on any atom is -0.427 e. The third-order valence-corrected chi connectivity index (χ3v) is 2.52. The lowest BCUT2D eigenvalue weighted by Crippen LogP contribution is -2.27. The summed E-state index contributed by atoms with van der Waals surface area (Å²) in [5.41, 5.74) is 3.14. The van der Waals surface area contributed by atoms with Gasteiger partial charge in [0.15, 0.2) is 5.78 Å². The van der Waals surface area contributed by atoms with E-state index in [0.717, 1.165) is 12.8 Å². The lowest BCUT2D eigenvalue weighted by molar-refractivity contribution is -0.137. The van der Waals surface area contributed by atoms with Crippen LogP contribution in [-0.2, 0) is 19.2 Å². The maximum Gasteiger partial charge on any atom is 0.349 e. The minimum atomic E-state index is -0.634. The molecule has 0 spiro atoms. The standard InChI is InChI=1S/C14H19NO4/c1-4-6-7-11(15-18-8-5-2)13-12(16)9-10(3)19-14(13)17/h5,9,15H,2,4,6-8H2,1,3H3. The molecule has 0 amide bonds. The van der Waals surface area contributed by atoms with Gasteiger partial charge in [0.05, 0.1) is 12.3 Å². The third kappa shape index (κ3) is 4.37. The Balaban J connectivity index is 2.96. The number of hydrogen-bond acceptors (Lipinski definition) is 5. The van der Waals surface area contributed by atoms with Gasteiger partial charge in [-0.25, -0.2) is 4.79 Å². The molecule has 19 heavy (non-hydrogen) atoms. The van der Waals surface area contributed by atoms with Crippen LogP contribution in [0.2, 0.25) is 0 Å². The molecule has 0 aromatic heterocycles. The summed E-state index contributed by atoms with van der Waals surface area (Å²) >= 11 is 0. The van der Waals surface area contributed by atoms with Crippen LogP contribution in [0, 0.1) is 0 Å². The van der Waals surface area contributed by atoms with E-state index in [0.29, 0.717) is 17.9 Å². The van der Waals surface area contributed by atoms with Crippen LogP contribution in [0.3, 0.4) is 0 Å². The van der Waals surface area contributed by atoms with E-state index in [1.807, 2.05) is 6.92 Å². The zero-order valence-corrected chi connectivity index (χ0v) is 11.3. The Morgan fingerprint density at radius 2 is 2.26 bits per heavy atom. The molecule has 1 aliphatic rings. The average molecular weight is 265 g/mol. The summed E-state index contributed by atoms with van der Waals surface area (Å²) in [4.78, 5) is 28.8. The second-order valence-electron chi connectivity index (χ2n) is 4.17. The fourth-order valence-corrected chi connectivity index (χ4v) is 1.62. The highest BCUT2D eigenvalue weighted by molar-refractivity contribution is 6.24. The van der Waals surface area contributed by atoms with Crippen LogP contribution in [0.25, 0.3) is 0 Å². The maximum atomic E-state index is 11.9. The predicted octanol–water partition coefficient (Wildman–Crippen LogP) is 2.17. The molecule has 0 fully saturated rings. The molecule has 0 aromatic carbocycles. The summed E-state index contributed by atoms with van der Waals surface area (Å²) in [5, 5.41) is 0. The quantitative estimate of drug-likeness (QED) is 0.191. The van der Waals surface area contributed by atoms with Gasteiger partial charge in [0.1, 0.15) is 11.3 Å². The summed E-state index contributed by atoms with van der Waals surface area (Å²) < 4.78 is 4.96. The number of ketones is 1. The number of hydrogen-bond donors (Lipinski definition) is 1. The Bertz CT molecular complexity index is 435. The van der Waals surface area contributed by atoms with Gasteiger partial charge in [-0.05, 0) is 19.8 Å². The summed E-state index contributed by atoms with van der Waals surface area (Å²) in [6.07, 6.45) is 5.21. The van der Waals surface area contributed by atoms with Crippen molar-refractivity contribution in [2.24, 2.45) is 0 Å². The molecule has 0 saturated heterocycles. The van der Waals surface area contributed by atoms with Crippen molar-refractivity contribution < 1.29 is 19.2 Å². The number of nitrogens with one attached hydrogen (secondary N) is 1. The Morgan fingerprint density at radius 1 is 1.53 bits per heavy atom. The van der Waals surface area contributed by atoms with E-state index in [2.05, 4.69) is 12.1 Å². The van der Waals surface area contributed by atoms with Gasteiger partial charge in [-0.1, -0.05) is 19.4 Å². The van der Waals surface area contributed by atoms with E-state index in [9.17, 15) is 9.59 Å². The second-order valence-corrected chi connectivity index (χ2v) is 4.17. The van der Waals surface area contributed by atoms with Crippen molar-refractivity contribution in [3.05, 3.63) is 35.8 Å². The highest BCUT2D eigenvalue weighted by atomic mass is 16.6. The molecule has 0 aromatic rings. The lowest BCUT2D eigenvalue weighted by atomic mass is 10.0. The van der Waals surface area contributed by atoms with E-state index < -0.39 is 5.97 Å². The van der Waals surface area contributed by atoms with Crippen LogP contribution >= 0.6 is 0 Å². The summed E-state index contributed by atoms with van der Waals surface area (Å²) in [6, 6.07) is 0. The smallest absolute Gasteiger partial charge is 0.349 e. The molecular weight excluding hydrogens is 246 g/mol. The second kappa shape index (κ2) is 7.53. The van der Waals surface area contributed by atoms with Crippen molar-refractivity contribution in [2.75, 3.05) is 6.61 Å². The molecule has 0 radical (unpaired) electrons. The molecule has 1 heterocycles. The number of rotatable bonds is 7. The van der Waals surface area contributed by atoms with Gasteiger partial charge in [0.25, 0.3) is 0 Å². The number of carbonyl (C=O) groups is 2. The van der Waals surface area contributed by atoms with Gasteiger partial charge < -0.3 is 4.74 Å². The Kier molecular flexibility index (Phi) is 6.02. The van der Waals surface area contributed by atoms with E-state index >= 15 is 0 Å². The maximum absolute atomic E-state index is 11.9. The minimum absolute atomic E-state index is 0.0168. The fourth-order valence-electron chi connectivity index (χ4n) is 1.62. The van der Waals surface area contributed by atoms with Crippen molar-refractivity contribution in [3.8, 4) is 0 Å². The first kappa shape index (κ1) is 15.2. The Labute approximate surface area is 112 Å². The Morgan fingerprint density at radius 3 is 2.84 bits per heavy atom. The van der Waals surface area contributed by atoms with Crippen molar-refractivity contribution in [1.29, 1.82) is 0 Å². The van der Waals surface area contributed by atoms with Gasteiger partial charge in [-0.2, -0.15) is 0 Å². The molecule has 0 atom stereocenters. The molecule has 1 N–H and O–H groups in total. The average Bonchev–Trinajstić information content (AvgIpc) is 2.34. The van der Waals surface area contributed by atoms with Crippen molar-refractivity contribution in [1.82, 2.24) is 5.48 Å². The number of esters is 1. The van der Waals surface area contributed by atoms with Crippen molar-refractivity contribution in [2.45, 2.75) is 33.1 Å². The van der Waals surface area contributed by atoms with Gasteiger partial charge in [0, 0.05) is 6.08 Å². The van der Waals surface area contributed by atoms with Gasteiger partial charge >= 0.3 is 5.97 Å². The van der Waals surface area contributed by atoms with Crippen LogP contribution < -0.4 is 5.48 Å². The molecule has 1 aliphatic heterocycles. The van der Waals surface area contributed by atoms with Crippen molar-refractivity contribution in [3.63, 3.8) is 0 Å². The first-order valence-electron chi connectivity index (χ1n) is 6.26. The van der Waals surface area contributed by atoms with Crippen LogP contribution in [0.15, 0.2) is 35.8 Å². The zero-order chi connectivity index (χ0) is 14.3. The monoisotopic (exact) mass is 265 g/mol. The SMILES string of the molecule is C=CCONC(CCCC)=C1C(=O)C=C(C)OC1=O. The van der Waals surface area contributed by atoms with Gasteiger partial charge in [0.2, 0.25) is 0 Å². The molecule has 1 rings (SSSR count). The zero-order valence-electron chi connectivity index (χ0n) is 11.3. The fraction of sp³-hybridized carbons (Fsp3) is 0.429. The van der Waals surface area contributed by atoms with Crippen LogP contribution in [0.1, 0.15) is 33.1 Å². The topological polar surface area (TPSA) is 64.6 Å². The number of carbonyl (C=O) groups excluding carboxylic acids is 2. The molecule has 104 valence electrons. The molecular formula is C14H19NO4. The number of cyclic esters (lactones) is 1. The van der Waals surface area contributed by atoms with E-state index in [4.69, 9.17) is 9.57 Å². The number of hydroxylamine groups is 1. The van der Waals surface area contributed by atoms with Crippen molar-refractivity contribution >= 4 is 11.8 Å². The van der Waals surface area contributed by atoms with E-state index in [1.165, 1.54) is 6.08 Å². The summed E-state index contributed by atoms with van der Waals surface area (Å²) in [6.45, 7) is 7.40.